The number of hydrogen-bond acceptors (Lipinski definition) is 5. The van der Waals surface area contributed by atoms with Crippen molar-refractivity contribution in [2.75, 3.05) is 13.1 Å². The van der Waals surface area contributed by atoms with Gasteiger partial charge in [0.25, 0.3) is 5.56 Å². The van der Waals surface area contributed by atoms with E-state index in [1.54, 1.807) is 22.0 Å². The highest BCUT2D eigenvalue weighted by molar-refractivity contribution is 7.07. The lowest BCUT2D eigenvalue weighted by atomic mass is 9.78. The van der Waals surface area contributed by atoms with Gasteiger partial charge in [0, 0.05) is 68.6 Å². The van der Waals surface area contributed by atoms with Crippen LogP contribution in [0.3, 0.4) is 0 Å². The first-order valence-corrected chi connectivity index (χ1v) is 11.7. The summed E-state index contributed by atoms with van der Waals surface area (Å²) in [6.45, 7) is 5.02. The second-order valence-corrected chi connectivity index (χ2v) is 9.53. The van der Waals surface area contributed by atoms with E-state index in [9.17, 15) is 9.59 Å². The Hall–Kier alpha value is -2.71. The smallest absolute Gasteiger partial charge is 0.251 e. The largest absolute Gasteiger partial charge is 0.350 e. The molecule has 162 valence electrons. The molecular formula is C23H27N5O2S. The van der Waals surface area contributed by atoms with Gasteiger partial charge in [-0.1, -0.05) is 6.07 Å². The van der Waals surface area contributed by atoms with Crippen molar-refractivity contribution in [2.45, 2.75) is 38.4 Å². The van der Waals surface area contributed by atoms with Crippen LogP contribution in [-0.2, 0) is 24.9 Å². The fourth-order valence-electron chi connectivity index (χ4n) is 5.23. The topological polar surface area (TPSA) is 72.2 Å². The summed E-state index contributed by atoms with van der Waals surface area (Å²) in [5.74, 6) is 0.292. The van der Waals surface area contributed by atoms with Gasteiger partial charge in [-0.25, -0.2) is 0 Å². The van der Waals surface area contributed by atoms with Crippen LogP contribution in [-0.4, -0.2) is 38.2 Å². The molecule has 2 aliphatic heterocycles. The predicted molar refractivity (Wildman–Crippen MR) is 120 cm³/mol. The van der Waals surface area contributed by atoms with E-state index in [1.807, 2.05) is 47.6 Å². The molecule has 0 saturated carbocycles. The van der Waals surface area contributed by atoms with E-state index in [0.29, 0.717) is 6.54 Å². The second kappa shape index (κ2) is 8.09. The molecule has 2 bridgehead atoms. The molecule has 31 heavy (non-hydrogen) atoms. The number of rotatable bonds is 5. The number of piperidine rings is 1. The van der Waals surface area contributed by atoms with E-state index in [2.05, 4.69) is 21.5 Å². The minimum absolute atomic E-state index is 0.0661. The SMILES string of the molecule is Cc1nn(C)cc1CN1C[C@@H]2C[C@H](C1)[C@H](C(=O)NCc1ccsc1)n1c2cccc1=O. The van der Waals surface area contributed by atoms with Crippen LogP contribution in [0.2, 0.25) is 0 Å². The third-order valence-electron chi connectivity index (χ3n) is 6.55. The number of fused-ring (bicyclic) bond motifs is 4. The molecule has 1 amide bonds. The lowest BCUT2D eigenvalue weighted by molar-refractivity contribution is -0.128. The molecule has 0 aliphatic carbocycles. The van der Waals surface area contributed by atoms with Crippen LogP contribution in [0.5, 0.6) is 0 Å². The van der Waals surface area contributed by atoms with E-state index < -0.39 is 6.04 Å². The first-order valence-electron chi connectivity index (χ1n) is 10.7. The summed E-state index contributed by atoms with van der Waals surface area (Å²) >= 11 is 1.62. The van der Waals surface area contributed by atoms with Crippen LogP contribution in [0.25, 0.3) is 0 Å². The van der Waals surface area contributed by atoms with Gasteiger partial charge in [0.1, 0.15) is 6.04 Å². The summed E-state index contributed by atoms with van der Waals surface area (Å²) in [5, 5.41) is 11.6. The minimum atomic E-state index is -0.476. The van der Waals surface area contributed by atoms with Crippen LogP contribution in [0.15, 0.2) is 46.0 Å². The average Bonchev–Trinajstić information content (AvgIpc) is 3.36. The molecule has 5 heterocycles. The van der Waals surface area contributed by atoms with Crippen LogP contribution < -0.4 is 10.9 Å². The molecule has 1 fully saturated rings. The standard InChI is InChI=1S/C23H27N5O2S/c1-15-19(10-26(2)25-15)13-27-11-17-8-18(12-27)22(28-20(17)4-3-5-21(28)29)23(30)24-9-16-6-7-31-14-16/h3-7,10,14,17-18,22H,8-9,11-13H2,1-2H3,(H,24,30)/t17-,18+,22+/m0/s1. The number of carbonyl (C=O) groups is 1. The molecule has 3 atom stereocenters. The molecule has 0 spiro atoms. The van der Waals surface area contributed by atoms with E-state index in [1.165, 1.54) is 5.56 Å². The number of aromatic nitrogens is 3. The Bertz CT molecular complexity index is 1150. The molecule has 5 rings (SSSR count). The number of nitrogens with one attached hydrogen (secondary N) is 1. The van der Waals surface area contributed by atoms with Gasteiger partial charge in [0.05, 0.1) is 5.69 Å². The highest BCUT2D eigenvalue weighted by Gasteiger charge is 2.43. The summed E-state index contributed by atoms with van der Waals surface area (Å²) in [4.78, 5) is 28.6. The molecule has 7 nitrogen and oxygen atoms in total. The Morgan fingerprint density at radius 2 is 2.16 bits per heavy atom. The van der Waals surface area contributed by atoms with Gasteiger partial charge in [0.15, 0.2) is 0 Å². The molecule has 1 saturated heterocycles. The van der Waals surface area contributed by atoms with Crippen molar-refractivity contribution >= 4 is 17.2 Å². The van der Waals surface area contributed by atoms with Crippen molar-refractivity contribution in [1.29, 1.82) is 0 Å². The van der Waals surface area contributed by atoms with Crippen molar-refractivity contribution in [3.8, 4) is 0 Å². The maximum Gasteiger partial charge on any atom is 0.251 e. The highest BCUT2D eigenvalue weighted by atomic mass is 32.1. The van der Waals surface area contributed by atoms with E-state index in [-0.39, 0.29) is 23.3 Å². The molecular weight excluding hydrogens is 410 g/mol. The number of aryl methyl sites for hydroxylation is 2. The first kappa shape index (κ1) is 20.2. The second-order valence-electron chi connectivity index (χ2n) is 8.75. The molecule has 1 N–H and O–H groups in total. The zero-order valence-corrected chi connectivity index (χ0v) is 18.6. The highest BCUT2D eigenvalue weighted by Crippen LogP contribution is 2.41. The van der Waals surface area contributed by atoms with Crippen molar-refractivity contribution < 1.29 is 4.79 Å². The van der Waals surface area contributed by atoms with Crippen LogP contribution in [0.1, 0.15) is 40.9 Å². The number of nitrogens with zero attached hydrogens (tertiary/aromatic N) is 4. The molecule has 0 unspecified atom stereocenters. The number of carbonyl (C=O) groups excluding carboxylic acids is 1. The summed E-state index contributed by atoms with van der Waals surface area (Å²) in [7, 11) is 1.94. The predicted octanol–water partition coefficient (Wildman–Crippen LogP) is 2.43. The molecule has 8 heteroatoms. The maximum absolute atomic E-state index is 13.3. The molecule has 3 aromatic heterocycles. The maximum atomic E-state index is 13.3. The molecule has 0 aromatic carbocycles. The summed E-state index contributed by atoms with van der Waals surface area (Å²) in [6.07, 6.45) is 3.01. The minimum Gasteiger partial charge on any atom is -0.350 e. The fraction of sp³-hybridized carbons (Fsp3) is 0.435. The Balaban J connectivity index is 1.43. The third kappa shape index (κ3) is 3.85. The summed E-state index contributed by atoms with van der Waals surface area (Å²) in [6, 6.07) is 6.94. The number of thiophene rings is 1. The molecule has 3 aromatic rings. The number of hydrogen-bond donors (Lipinski definition) is 1. The normalized spacial score (nSPS) is 22.8. The van der Waals surface area contributed by atoms with Crippen molar-refractivity contribution in [3.05, 3.63) is 74.1 Å². The van der Waals surface area contributed by atoms with Crippen LogP contribution in [0.4, 0.5) is 0 Å². The lowest BCUT2D eigenvalue weighted by Crippen LogP contribution is -2.53. The number of likely N-dealkylation sites (tertiary alicyclic amines) is 1. The Morgan fingerprint density at radius 1 is 1.29 bits per heavy atom. The Labute approximate surface area is 185 Å². The zero-order chi connectivity index (χ0) is 21.5. The summed E-state index contributed by atoms with van der Waals surface area (Å²) in [5.41, 5.74) is 4.24. The van der Waals surface area contributed by atoms with Gasteiger partial charge in [-0.15, -0.1) is 0 Å². The van der Waals surface area contributed by atoms with Gasteiger partial charge < -0.3 is 5.32 Å². The average molecular weight is 438 g/mol. The van der Waals surface area contributed by atoms with Crippen LogP contribution >= 0.6 is 11.3 Å². The van der Waals surface area contributed by atoms with Gasteiger partial charge in [-0.05, 0) is 41.8 Å². The summed E-state index contributed by atoms with van der Waals surface area (Å²) < 4.78 is 3.61. The lowest BCUT2D eigenvalue weighted by Gasteiger charge is -2.46. The quantitative estimate of drug-likeness (QED) is 0.666. The first-order chi connectivity index (χ1) is 15.0. The Morgan fingerprint density at radius 3 is 2.90 bits per heavy atom. The monoisotopic (exact) mass is 437 g/mol. The van der Waals surface area contributed by atoms with Gasteiger partial charge in [-0.2, -0.15) is 16.4 Å². The van der Waals surface area contributed by atoms with Crippen molar-refractivity contribution in [3.63, 3.8) is 0 Å². The fourth-order valence-corrected chi connectivity index (χ4v) is 5.89. The van der Waals surface area contributed by atoms with Gasteiger partial charge in [0.2, 0.25) is 5.91 Å². The van der Waals surface area contributed by atoms with Crippen molar-refractivity contribution in [1.82, 2.24) is 24.6 Å². The number of amides is 1. The van der Waals surface area contributed by atoms with E-state index in [4.69, 9.17) is 0 Å². The van der Waals surface area contributed by atoms with Gasteiger partial charge >= 0.3 is 0 Å². The van der Waals surface area contributed by atoms with Crippen LogP contribution in [0, 0.1) is 12.8 Å². The van der Waals surface area contributed by atoms with Gasteiger partial charge in [-0.3, -0.25) is 23.7 Å². The zero-order valence-electron chi connectivity index (χ0n) is 17.8. The third-order valence-corrected chi connectivity index (χ3v) is 7.28. The Kier molecular flexibility index (Phi) is 5.27. The molecule has 0 radical (unpaired) electrons. The molecule has 2 aliphatic rings. The van der Waals surface area contributed by atoms with E-state index in [0.717, 1.165) is 43.0 Å². The van der Waals surface area contributed by atoms with E-state index >= 15 is 0 Å². The van der Waals surface area contributed by atoms with Crippen molar-refractivity contribution in [2.24, 2.45) is 13.0 Å². The number of pyridine rings is 1.